The van der Waals surface area contributed by atoms with Gasteiger partial charge >= 0.3 is 200 Å². The fraction of sp³-hybridized carbons (Fsp3) is 0.100. The molecule has 0 N–H and O–H groups in total. The Balaban J connectivity index is 1.61. The van der Waals surface area contributed by atoms with Crippen LogP contribution < -0.4 is 4.46 Å². The number of rotatable bonds is 4. The van der Waals surface area contributed by atoms with Crippen molar-refractivity contribution in [2.75, 3.05) is 0 Å². The van der Waals surface area contributed by atoms with Crippen molar-refractivity contribution in [3.63, 3.8) is 0 Å². The van der Waals surface area contributed by atoms with Gasteiger partial charge in [0.05, 0.1) is 0 Å². The van der Waals surface area contributed by atoms with Gasteiger partial charge in [0, 0.05) is 0 Å². The number of carbonyl (C=O) groups is 1. The minimum absolute atomic E-state index is 0.174. The van der Waals surface area contributed by atoms with E-state index in [1.165, 1.54) is 10.0 Å². The number of fused-ring (bicyclic) bond motifs is 5. The first-order valence-corrected chi connectivity index (χ1v) is 13.3. The van der Waals surface area contributed by atoms with Crippen LogP contribution in [-0.4, -0.2) is 25.4 Å². The Kier molecular flexibility index (Phi) is 4.83. The molecule has 0 spiro atoms. The van der Waals surface area contributed by atoms with Crippen LogP contribution in [0.25, 0.3) is 33.3 Å². The molecule has 0 radical (unpaired) electrons. The van der Waals surface area contributed by atoms with E-state index in [0.29, 0.717) is 0 Å². The summed E-state index contributed by atoms with van der Waals surface area (Å²) in [5, 5.41) is 1.95. The first-order valence-electron chi connectivity index (χ1n) is 11.2. The zero-order valence-corrected chi connectivity index (χ0v) is 20.1. The molecule has 1 unspecified atom stereocenters. The summed E-state index contributed by atoms with van der Waals surface area (Å²) in [7, 11) is 0. The molecule has 2 nitrogen and oxygen atoms in total. The van der Waals surface area contributed by atoms with Gasteiger partial charge in [-0.05, 0) is 0 Å². The molecule has 1 aliphatic heterocycles. The molecule has 5 aromatic rings. The van der Waals surface area contributed by atoms with Gasteiger partial charge in [0.2, 0.25) is 0 Å². The first kappa shape index (κ1) is 20.2. The summed E-state index contributed by atoms with van der Waals surface area (Å²) in [6.07, 6.45) is 0. The minimum atomic E-state index is -0.574. The van der Waals surface area contributed by atoms with Crippen molar-refractivity contribution in [1.82, 2.24) is 4.57 Å². The van der Waals surface area contributed by atoms with Crippen molar-refractivity contribution < 1.29 is 4.79 Å². The number of para-hydroxylation sites is 1. The Morgan fingerprint density at radius 3 is 2.18 bits per heavy atom. The van der Waals surface area contributed by atoms with Gasteiger partial charge in [-0.2, -0.15) is 0 Å². The maximum atomic E-state index is 14.4. The van der Waals surface area contributed by atoms with E-state index < -0.39 is 5.41 Å². The molecule has 3 heteroatoms. The van der Waals surface area contributed by atoms with E-state index in [-0.39, 0.29) is 20.9 Å². The van der Waals surface area contributed by atoms with E-state index in [2.05, 4.69) is 97.9 Å². The molecule has 0 aliphatic carbocycles. The van der Waals surface area contributed by atoms with Crippen molar-refractivity contribution >= 4 is 36.2 Å². The molecule has 1 aliphatic rings. The number of carbonyl (C=O) groups excluding carboxylic acids is 1. The second kappa shape index (κ2) is 7.88. The normalized spacial score (nSPS) is 17.1. The second-order valence-electron chi connectivity index (χ2n) is 8.73. The van der Waals surface area contributed by atoms with Crippen molar-refractivity contribution in [2.45, 2.75) is 17.7 Å². The van der Waals surface area contributed by atoms with Gasteiger partial charge in [-0.1, -0.05) is 0 Å². The number of hydrogen-bond donors (Lipinski definition) is 0. The predicted molar refractivity (Wildman–Crippen MR) is 137 cm³/mol. The Morgan fingerprint density at radius 2 is 1.39 bits per heavy atom. The van der Waals surface area contributed by atoms with E-state index in [4.69, 9.17) is 0 Å². The molecule has 33 heavy (non-hydrogen) atoms. The molecule has 2 heterocycles. The van der Waals surface area contributed by atoms with E-state index in [1.807, 2.05) is 22.8 Å². The Hall–Kier alpha value is -3.39. The predicted octanol–water partition coefficient (Wildman–Crippen LogP) is 6.33. The van der Waals surface area contributed by atoms with Crippen molar-refractivity contribution in [3.8, 4) is 22.4 Å². The molecule has 0 amide bonds. The summed E-state index contributed by atoms with van der Waals surface area (Å²) in [6.45, 7) is 2.14. The van der Waals surface area contributed by atoms with E-state index in [1.54, 1.807) is 0 Å². The van der Waals surface area contributed by atoms with Crippen LogP contribution in [0.3, 0.4) is 0 Å². The SMILES string of the molecule is CC1(C[Se]c2ccccc2)C(=O)n2c(c(-c3ccccc3)c3ccccc32)-c2ccccc21. The number of hydrogen-bond acceptors (Lipinski definition) is 1. The van der Waals surface area contributed by atoms with Crippen LogP contribution in [0.4, 0.5) is 0 Å². The zero-order chi connectivity index (χ0) is 22.4. The third-order valence-corrected chi connectivity index (χ3v) is 9.44. The summed E-state index contributed by atoms with van der Waals surface area (Å²) in [4.78, 5) is 14.4. The molecule has 1 atom stereocenters. The average molecular weight is 492 g/mol. The van der Waals surface area contributed by atoms with Crippen LogP contribution >= 0.6 is 0 Å². The van der Waals surface area contributed by atoms with Crippen LogP contribution in [0.1, 0.15) is 17.3 Å². The van der Waals surface area contributed by atoms with Gasteiger partial charge in [0.15, 0.2) is 0 Å². The standard InChI is InChI=1S/C30H23NOSe/c1-30(20-33-22-14-6-3-7-15-22)25-18-10-8-16-23(25)28-27(21-12-4-2-5-13-21)24-17-9-11-19-26(24)31(28)29(30)32/h2-19H,20H2,1H3. The molecule has 6 rings (SSSR count). The van der Waals surface area contributed by atoms with Crippen molar-refractivity contribution in [2.24, 2.45) is 0 Å². The Labute approximate surface area is 200 Å². The van der Waals surface area contributed by atoms with Crippen LogP contribution in [-0.2, 0) is 5.41 Å². The average Bonchev–Trinajstić information content (AvgIpc) is 3.23. The molecule has 0 saturated carbocycles. The maximum absolute atomic E-state index is 14.4. The first-order chi connectivity index (χ1) is 16.2. The fourth-order valence-corrected chi connectivity index (χ4v) is 7.29. The van der Waals surface area contributed by atoms with Gasteiger partial charge in [0.25, 0.3) is 0 Å². The summed E-state index contributed by atoms with van der Waals surface area (Å²) >= 11 is 0.196. The molecule has 4 aromatic carbocycles. The summed E-state index contributed by atoms with van der Waals surface area (Å²) in [5.74, 6) is 0.174. The molecule has 160 valence electrons. The third kappa shape index (κ3) is 3.12. The van der Waals surface area contributed by atoms with Crippen molar-refractivity contribution in [1.29, 1.82) is 0 Å². The summed E-state index contributed by atoms with van der Waals surface area (Å²) < 4.78 is 3.32. The molecular weight excluding hydrogens is 469 g/mol. The molecule has 0 bridgehead atoms. The van der Waals surface area contributed by atoms with E-state index >= 15 is 0 Å². The topological polar surface area (TPSA) is 22.0 Å². The third-order valence-electron chi connectivity index (χ3n) is 6.66. The monoisotopic (exact) mass is 493 g/mol. The Morgan fingerprint density at radius 1 is 0.758 bits per heavy atom. The van der Waals surface area contributed by atoms with Gasteiger partial charge in [-0.25, -0.2) is 0 Å². The zero-order valence-electron chi connectivity index (χ0n) is 18.4. The summed E-state index contributed by atoms with van der Waals surface area (Å²) in [5.41, 5.74) is 6.02. The van der Waals surface area contributed by atoms with E-state index in [0.717, 1.165) is 38.6 Å². The number of nitrogens with zero attached hydrogens (tertiary/aromatic N) is 1. The summed E-state index contributed by atoms with van der Waals surface area (Å²) in [6, 6.07) is 37.8. The number of aromatic nitrogens is 1. The van der Waals surface area contributed by atoms with Crippen LogP contribution in [0.15, 0.2) is 109 Å². The van der Waals surface area contributed by atoms with E-state index in [9.17, 15) is 4.79 Å². The van der Waals surface area contributed by atoms with Gasteiger partial charge in [0.1, 0.15) is 0 Å². The molecular formula is C30H23NOSe. The molecule has 0 saturated heterocycles. The molecule has 1 aromatic heterocycles. The van der Waals surface area contributed by atoms with Crippen LogP contribution in [0.5, 0.6) is 0 Å². The van der Waals surface area contributed by atoms with Gasteiger partial charge in [-0.15, -0.1) is 0 Å². The van der Waals surface area contributed by atoms with Crippen molar-refractivity contribution in [3.05, 3.63) is 115 Å². The fourth-order valence-electron chi connectivity index (χ4n) is 5.02. The van der Waals surface area contributed by atoms with Crippen LogP contribution in [0, 0.1) is 0 Å². The quantitative estimate of drug-likeness (QED) is 0.269. The van der Waals surface area contributed by atoms with Gasteiger partial charge < -0.3 is 0 Å². The van der Waals surface area contributed by atoms with Gasteiger partial charge in [-0.3, -0.25) is 0 Å². The van der Waals surface area contributed by atoms with Crippen LogP contribution in [0.2, 0.25) is 5.32 Å². The number of benzene rings is 4. The second-order valence-corrected chi connectivity index (χ2v) is 10.9. The Bertz CT molecular complexity index is 1490. The molecule has 0 fully saturated rings.